The van der Waals surface area contributed by atoms with Gasteiger partial charge in [-0.05, 0) is 5.92 Å². The van der Waals surface area contributed by atoms with E-state index in [9.17, 15) is 0 Å². The largest absolute Gasteiger partial charge is 0.0654 e. The van der Waals surface area contributed by atoms with E-state index in [-0.39, 0.29) is 0 Å². The summed E-state index contributed by atoms with van der Waals surface area (Å²) in [5.74, 6) is 0.891. The summed E-state index contributed by atoms with van der Waals surface area (Å²) in [5, 5.41) is 0. The zero-order chi connectivity index (χ0) is 16.3. The van der Waals surface area contributed by atoms with Gasteiger partial charge in [0.1, 0.15) is 0 Å². The average Bonchev–Trinajstić information content (AvgIpc) is 2.55. The summed E-state index contributed by atoms with van der Waals surface area (Å²) in [5.41, 5.74) is 0. The van der Waals surface area contributed by atoms with Crippen LogP contribution in [0.2, 0.25) is 0 Å². The molecule has 1 radical (unpaired) electrons. The minimum atomic E-state index is 0.891. The Kier molecular flexibility index (Phi) is 19.0. The predicted octanol–water partition coefficient (Wildman–Crippen LogP) is 8.50. The molecule has 1 atom stereocenters. The van der Waals surface area contributed by atoms with Crippen LogP contribution in [0.25, 0.3) is 0 Å². The Hall–Kier alpha value is 0. The van der Waals surface area contributed by atoms with Gasteiger partial charge in [0.15, 0.2) is 0 Å². The van der Waals surface area contributed by atoms with E-state index in [1.807, 2.05) is 0 Å². The van der Waals surface area contributed by atoms with E-state index in [1.54, 1.807) is 0 Å². The van der Waals surface area contributed by atoms with Crippen LogP contribution in [0.5, 0.6) is 0 Å². The molecule has 0 saturated heterocycles. The highest BCUT2D eigenvalue weighted by Crippen LogP contribution is 2.18. The summed E-state index contributed by atoms with van der Waals surface area (Å²) in [6.07, 6.45) is 25.8. The zero-order valence-electron chi connectivity index (χ0n) is 16.0. The fraction of sp³-hybridized carbons (Fsp3) is 0.955. The minimum Gasteiger partial charge on any atom is -0.0654 e. The van der Waals surface area contributed by atoms with Gasteiger partial charge in [0.2, 0.25) is 0 Å². The second-order valence-corrected chi connectivity index (χ2v) is 7.30. The second kappa shape index (κ2) is 19.0. The van der Waals surface area contributed by atoms with Crippen LogP contribution in [0, 0.1) is 12.8 Å². The van der Waals surface area contributed by atoms with E-state index in [0.29, 0.717) is 0 Å². The van der Waals surface area contributed by atoms with E-state index < -0.39 is 0 Å². The Bertz CT molecular complexity index is 180. The van der Waals surface area contributed by atoms with Crippen LogP contribution >= 0.6 is 0 Å². The Balaban J connectivity index is 3.02. The molecule has 0 aromatic heterocycles. The third kappa shape index (κ3) is 16.4. The smallest absolute Gasteiger partial charge is 0.0417 e. The molecule has 0 aliphatic heterocycles. The maximum Gasteiger partial charge on any atom is -0.0417 e. The maximum atomic E-state index is 4.05. The summed E-state index contributed by atoms with van der Waals surface area (Å²) in [6, 6.07) is 0. The minimum absolute atomic E-state index is 0.891. The topological polar surface area (TPSA) is 0 Å². The van der Waals surface area contributed by atoms with E-state index in [1.165, 1.54) is 109 Å². The fourth-order valence-corrected chi connectivity index (χ4v) is 3.36. The van der Waals surface area contributed by atoms with Crippen LogP contribution in [0.3, 0.4) is 0 Å². The Morgan fingerprint density at radius 3 is 1.23 bits per heavy atom. The van der Waals surface area contributed by atoms with Crippen LogP contribution in [-0.2, 0) is 0 Å². The van der Waals surface area contributed by atoms with Crippen molar-refractivity contribution in [2.45, 2.75) is 129 Å². The maximum absolute atomic E-state index is 4.05. The van der Waals surface area contributed by atoms with Crippen molar-refractivity contribution in [3.63, 3.8) is 0 Å². The molecule has 0 N–H and O–H groups in total. The molecule has 0 heteroatoms. The second-order valence-electron chi connectivity index (χ2n) is 7.30. The molecule has 22 heavy (non-hydrogen) atoms. The summed E-state index contributed by atoms with van der Waals surface area (Å²) < 4.78 is 0. The number of unbranched alkanes of at least 4 members (excludes halogenated alkanes) is 14. The lowest BCUT2D eigenvalue weighted by Crippen LogP contribution is -1.96. The van der Waals surface area contributed by atoms with Crippen molar-refractivity contribution in [1.82, 2.24) is 0 Å². The predicted molar refractivity (Wildman–Crippen MR) is 103 cm³/mol. The van der Waals surface area contributed by atoms with Gasteiger partial charge < -0.3 is 0 Å². The molecule has 0 heterocycles. The third-order valence-electron chi connectivity index (χ3n) is 5.20. The first kappa shape index (κ1) is 22.0. The van der Waals surface area contributed by atoms with Crippen LogP contribution in [0.1, 0.15) is 129 Å². The van der Waals surface area contributed by atoms with E-state index in [4.69, 9.17) is 0 Å². The lowest BCUT2D eigenvalue weighted by atomic mass is 9.95. The summed E-state index contributed by atoms with van der Waals surface area (Å²) in [7, 11) is 0. The molecule has 133 valence electrons. The van der Waals surface area contributed by atoms with Gasteiger partial charge in [-0.25, -0.2) is 0 Å². The molecule has 1 unspecified atom stereocenters. The highest BCUT2D eigenvalue weighted by molar-refractivity contribution is 4.59. The lowest BCUT2D eigenvalue weighted by molar-refractivity contribution is 0.440. The first-order valence-corrected chi connectivity index (χ1v) is 10.6. The van der Waals surface area contributed by atoms with Gasteiger partial charge >= 0.3 is 0 Å². The number of hydrogen-bond donors (Lipinski definition) is 0. The Morgan fingerprint density at radius 2 is 0.909 bits per heavy atom. The van der Waals surface area contributed by atoms with Gasteiger partial charge in [0.25, 0.3) is 0 Å². The Labute approximate surface area is 142 Å². The lowest BCUT2D eigenvalue weighted by Gasteiger charge is -2.11. The molecule has 0 aliphatic carbocycles. The standard InChI is InChI=1S/C22H45/c1-4-7-8-9-10-11-12-13-14-15-16-17-18-19-20-21-22(5-2)6-3/h22H,2,4-21H2,1,3H3. The van der Waals surface area contributed by atoms with Crippen molar-refractivity contribution >= 4 is 0 Å². The van der Waals surface area contributed by atoms with E-state index in [0.717, 1.165) is 12.3 Å². The van der Waals surface area contributed by atoms with Crippen molar-refractivity contribution in [2.24, 2.45) is 5.92 Å². The fourth-order valence-electron chi connectivity index (χ4n) is 3.36. The van der Waals surface area contributed by atoms with Crippen LogP contribution < -0.4 is 0 Å². The third-order valence-corrected chi connectivity index (χ3v) is 5.20. The van der Waals surface area contributed by atoms with E-state index in [2.05, 4.69) is 20.8 Å². The van der Waals surface area contributed by atoms with Gasteiger partial charge in [0, 0.05) is 0 Å². The van der Waals surface area contributed by atoms with Gasteiger partial charge in [0.05, 0.1) is 0 Å². The van der Waals surface area contributed by atoms with Crippen molar-refractivity contribution in [3.05, 3.63) is 6.92 Å². The Morgan fingerprint density at radius 1 is 0.545 bits per heavy atom. The summed E-state index contributed by atoms with van der Waals surface area (Å²) in [6.45, 7) is 8.65. The van der Waals surface area contributed by atoms with Gasteiger partial charge in [-0.3, -0.25) is 0 Å². The molecule has 0 saturated carbocycles. The van der Waals surface area contributed by atoms with Crippen molar-refractivity contribution in [1.29, 1.82) is 0 Å². The highest BCUT2D eigenvalue weighted by atomic mass is 14.1. The van der Waals surface area contributed by atoms with Gasteiger partial charge in [-0.2, -0.15) is 0 Å². The number of hydrogen-bond acceptors (Lipinski definition) is 0. The van der Waals surface area contributed by atoms with Crippen molar-refractivity contribution in [2.75, 3.05) is 0 Å². The molecule has 0 amide bonds. The van der Waals surface area contributed by atoms with Crippen LogP contribution in [0.15, 0.2) is 0 Å². The number of rotatable bonds is 18. The summed E-state index contributed by atoms with van der Waals surface area (Å²) >= 11 is 0. The molecular weight excluding hydrogens is 264 g/mol. The van der Waals surface area contributed by atoms with Gasteiger partial charge in [-0.1, -0.05) is 136 Å². The molecular formula is C22H45. The van der Waals surface area contributed by atoms with Crippen molar-refractivity contribution in [3.8, 4) is 0 Å². The molecule has 0 fully saturated rings. The monoisotopic (exact) mass is 309 g/mol. The molecule has 0 spiro atoms. The normalized spacial score (nSPS) is 11.5. The molecule has 0 rings (SSSR count). The van der Waals surface area contributed by atoms with Crippen molar-refractivity contribution < 1.29 is 0 Å². The summed E-state index contributed by atoms with van der Waals surface area (Å²) in [4.78, 5) is 0. The molecule has 0 aliphatic rings. The van der Waals surface area contributed by atoms with Crippen LogP contribution in [0.4, 0.5) is 0 Å². The molecule has 0 aromatic rings. The molecule has 0 aromatic carbocycles. The van der Waals surface area contributed by atoms with E-state index >= 15 is 0 Å². The molecule has 0 bridgehead atoms. The quantitative estimate of drug-likeness (QED) is 0.223. The average molecular weight is 310 g/mol. The highest BCUT2D eigenvalue weighted by Gasteiger charge is 2.02. The molecule has 0 nitrogen and oxygen atoms in total. The SMILES string of the molecule is [CH2]CC(CC)CCCCCCCCCCCCCCCCC. The first-order chi connectivity index (χ1) is 10.8. The zero-order valence-corrected chi connectivity index (χ0v) is 16.0. The van der Waals surface area contributed by atoms with Crippen LogP contribution in [-0.4, -0.2) is 0 Å². The first-order valence-electron chi connectivity index (χ1n) is 10.6. The van der Waals surface area contributed by atoms with Gasteiger partial charge in [-0.15, -0.1) is 0 Å².